The number of nitrogens with zero attached hydrogens (tertiary/aromatic N) is 2. The zero-order valence-corrected chi connectivity index (χ0v) is 15.9. The SMILES string of the molecule is CC1=C2C=c3c(cnn3C[C@H](C)N)=C2C(C)(C)C=C1.O=C(O)/C=C/C(=O)O. The van der Waals surface area contributed by atoms with Gasteiger partial charge in [0.05, 0.1) is 18.1 Å². The number of rotatable bonds is 4. The highest BCUT2D eigenvalue weighted by Gasteiger charge is 2.30. The van der Waals surface area contributed by atoms with Gasteiger partial charge in [-0.3, -0.25) is 4.68 Å². The first kappa shape index (κ1) is 20.4. The summed E-state index contributed by atoms with van der Waals surface area (Å²) in [6.45, 7) is 9.47. The Bertz CT molecular complexity index is 959. The second-order valence-corrected chi connectivity index (χ2v) is 7.28. The van der Waals surface area contributed by atoms with Gasteiger partial charge < -0.3 is 15.9 Å². The quantitative estimate of drug-likeness (QED) is 0.674. The minimum atomic E-state index is -1.26. The van der Waals surface area contributed by atoms with Crippen molar-refractivity contribution in [2.24, 2.45) is 11.1 Å². The van der Waals surface area contributed by atoms with Crippen LogP contribution in [0.1, 0.15) is 27.7 Å². The van der Waals surface area contributed by atoms with E-state index < -0.39 is 11.9 Å². The van der Waals surface area contributed by atoms with Crippen LogP contribution in [0, 0.1) is 5.41 Å². The van der Waals surface area contributed by atoms with E-state index in [1.165, 1.54) is 27.3 Å². The zero-order valence-electron chi connectivity index (χ0n) is 15.9. The smallest absolute Gasteiger partial charge is 0.328 e. The van der Waals surface area contributed by atoms with Crippen LogP contribution in [-0.2, 0) is 16.1 Å². The second kappa shape index (κ2) is 7.75. The van der Waals surface area contributed by atoms with Crippen LogP contribution in [0.5, 0.6) is 0 Å². The highest BCUT2D eigenvalue weighted by molar-refractivity contribution is 5.89. The van der Waals surface area contributed by atoms with E-state index >= 15 is 0 Å². The average molecular weight is 371 g/mol. The van der Waals surface area contributed by atoms with Crippen LogP contribution in [-0.4, -0.2) is 38.0 Å². The molecule has 0 unspecified atom stereocenters. The number of carboxylic acids is 2. The van der Waals surface area contributed by atoms with Crippen molar-refractivity contribution < 1.29 is 19.8 Å². The first-order valence-corrected chi connectivity index (χ1v) is 8.61. The van der Waals surface area contributed by atoms with E-state index in [9.17, 15) is 9.59 Å². The van der Waals surface area contributed by atoms with Gasteiger partial charge in [0.25, 0.3) is 0 Å². The van der Waals surface area contributed by atoms with Crippen LogP contribution in [0.4, 0.5) is 0 Å². The lowest BCUT2D eigenvalue weighted by molar-refractivity contribution is -0.134. The van der Waals surface area contributed by atoms with Crippen molar-refractivity contribution >= 4 is 23.6 Å². The third-order valence-electron chi connectivity index (χ3n) is 4.35. The van der Waals surface area contributed by atoms with E-state index in [0.29, 0.717) is 12.2 Å². The van der Waals surface area contributed by atoms with Gasteiger partial charge in [0.2, 0.25) is 0 Å². The lowest BCUT2D eigenvalue weighted by atomic mass is 9.75. The molecule has 3 rings (SSSR count). The molecule has 0 amide bonds. The fraction of sp³-hybridized carbons (Fsp3) is 0.350. The third kappa shape index (κ3) is 4.62. The molecule has 1 aromatic heterocycles. The van der Waals surface area contributed by atoms with Crippen LogP contribution in [0.15, 0.2) is 41.6 Å². The monoisotopic (exact) mass is 371 g/mol. The number of hydrogen-bond acceptors (Lipinski definition) is 4. The summed E-state index contributed by atoms with van der Waals surface area (Å²) in [5.41, 5.74) is 10.1. The molecule has 0 radical (unpaired) electrons. The molecule has 2 aliphatic carbocycles. The lowest BCUT2D eigenvalue weighted by Gasteiger charge is -2.28. The van der Waals surface area contributed by atoms with Crippen LogP contribution < -0.4 is 16.3 Å². The molecule has 144 valence electrons. The van der Waals surface area contributed by atoms with Crippen LogP contribution in [0.2, 0.25) is 0 Å². The van der Waals surface area contributed by atoms with Crippen molar-refractivity contribution in [2.75, 3.05) is 0 Å². The predicted molar refractivity (Wildman–Crippen MR) is 103 cm³/mol. The highest BCUT2D eigenvalue weighted by Crippen LogP contribution is 2.40. The number of allylic oxidation sites excluding steroid dienone is 4. The summed E-state index contributed by atoms with van der Waals surface area (Å²) in [6, 6.07) is 0.117. The molecule has 0 aliphatic heterocycles. The molecule has 0 saturated carbocycles. The summed E-state index contributed by atoms with van der Waals surface area (Å²) < 4.78 is 2.03. The van der Waals surface area contributed by atoms with Crippen molar-refractivity contribution in [1.82, 2.24) is 9.78 Å². The fourth-order valence-electron chi connectivity index (χ4n) is 3.17. The number of hydrogen-bond donors (Lipinski definition) is 3. The zero-order chi connectivity index (χ0) is 20.4. The lowest BCUT2D eigenvalue weighted by Crippen LogP contribution is -2.34. The fourth-order valence-corrected chi connectivity index (χ4v) is 3.17. The summed E-state index contributed by atoms with van der Waals surface area (Å²) in [5.74, 6) is -2.51. The van der Waals surface area contributed by atoms with Crippen LogP contribution in [0.3, 0.4) is 0 Å². The molecule has 0 spiro atoms. The number of carboxylic acid groups (broad SMARTS) is 2. The molecular formula is C20H25N3O4. The maximum Gasteiger partial charge on any atom is 0.328 e. The van der Waals surface area contributed by atoms with Crippen molar-refractivity contribution in [2.45, 2.75) is 40.3 Å². The summed E-state index contributed by atoms with van der Waals surface area (Å²) in [4.78, 5) is 19.1. The van der Waals surface area contributed by atoms with Gasteiger partial charge in [-0.25, -0.2) is 9.59 Å². The maximum absolute atomic E-state index is 9.55. The molecule has 27 heavy (non-hydrogen) atoms. The number of nitrogens with two attached hydrogens (primary N) is 1. The summed E-state index contributed by atoms with van der Waals surface area (Å²) in [7, 11) is 0. The van der Waals surface area contributed by atoms with E-state index in [-0.39, 0.29) is 11.5 Å². The van der Waals surface area contributed by atoms with Crippen LogP contribution >= 0.6 is 0 Å². The Hall–Kier alpha value is -2.93. The van der Waals surface area contributed by atoms with Gasteiger partial charge in [-0.2, -0.15) is 5.10 Å². The topological polar surface area (TPSA) is 118 Å². The summed E-state index contributed by atoms with van der Waals surface area (Å²) >= 11 is 0. The van der Waals surface area contributed by atoms with Gasteiger partial charge in [-0.05, 0) is 36.6 Å². The number of carbonyl (C=O) groups is 2. The Morgan fingerprint density at radius 2 is 1.89 bits per heavy atom. The Balaban J connectivity index is 0.000000279. The number of fused-ring (bicyclic) bond motifs is 2. The molecule has 0 fully saturated rings. The van der Waals surface area contributed by atoms with Gasteiger partial charge in [-0.15, -0.1) is 0 Å². The summed E-state index contributed by atoms with van der Waals surface area (Å²) in [5, 5.41) is 22.6. The average Bonchev–Trinajstić information content (AvgIpc) is 3.10. The standard InChI is InChI=1S/C16H21N3.C4H4O4/c1-10-5-6-16(3,4)15-12(10)7-14-13(15)8-18-19(14)9-11(2)17;5-3(6)1-2-4(7)8/h5-8,11H,9,17H2,1-4H3;1-2H,(H,5,6)(H,7,8)/b;2-1+/t11-;/m0./s1. The highest BCUT2D eigenvalue weighted by atomic mass is 16.4. The molecule has 1 atom stereocenters. The second-order valence-electron chi connectivity index (χ2n) is 7.28. The van der Waals surface area contributed by atoms with E-state index in [1.807, 2.05) is 17.8 Å². The molecule has 0 aromatic carbocycles. The Morgan fingerprint density at radius 1 is 1.30 bits per heavy atom. The first-order valence-electron chi connectivity index (χ1n) is 8.61. The predicted octanol–water partition coefficient (Wildman–Crippen LogP) is 0.799. The molecule has 1 heterocycles. The minimum absolute atomic E-state index is 0.0682. The van der Waals surface area contributed by atoms with Crippen molar-refractivity contribution in [3.8, 4) is 0 Å². The third-order valence-corrected chi connectivity index (χ3v) is 4.35. The van der Waals surface area contributed by atoms with E-state index in [0.717, 1.165) is 6.54 Å². The molecule has 1 aromatic rings. The Morgan fingerprint density at radius 3 is 2.41 bits per heavy atom. The van der Waals surface area contributed by atoms with Gasteiger partial charge >= 0.3 is 11.9 Å². The minimum Gasteiger partial charge on any atom is -0.478 e. The normalized spacial score (nSPS) is 17.7. The Kier molecular flexibility index (Phi) is 5.85. The van der Waals surface area contributed by atoms with Crippen molar-refractivity contribution in [1.29, 1.82) is 0 Å². The molecule has 4 N–H and O–H groups in total. The van der Waals surface area contributed by atoms with E-state index in [1.54, 1.807) is 0 Å². The first-order chi connectivity index (χ1) is 12.5. The summed E-state index contributed by atoms with van der Waals surface area (Å²) in [6.07, 6.45) is 9.88. The largest absolute Gasteiger partial charge is 0.478 e. The van der Waals surface area contributed by atoms with Gasteiger partial charge in [0.1, 0.15) is 0 Å². The van der Waals surface area contributed by atoms with Gasteiger partial charge in [0.15, 0.2) is 0 Å². The molecule has 7 nitrogen and oxygen atoms in total. The van der Waals surface area contributed by atoms with Crippen LogP contribution in [0.25, 0.3) is 11.6 Å². The van der Waals surface area contributed by atoms with Gasteiger partial charge in [0, 0.05) is 28.8 Å². The Labute approximate surface area is 157 Å². The van der Waals surface area contributed by atoms with Crippen molar-refractivity contribution in [3.63, 3.8) is 0 Å². The number of aromatic nitrogens is 2. The number of aliphatic carboxylic acids is 2. The van der Waals surface area contributed by atoms with Crippen molar-refractivity contribution in [3.05, 3.63) is 52.2 Å². The maximum atomic E-state index is 9.55. The molecule has 7 heteroatoms. The molecule has 0 saturated heterocycles. The van der Waals surface area contributed by atoms with E-state index in [2.05, 4.69) is 44.1 Å². The van der Waals surface area contributed by atoms with E-state index in [4.69, 9.17) is 15.9 Å². The molecule has 0 bridgehead atoms. The molecule has 2 aliphatic rings. The van der Waals surface area contributed by atoms with Gasteiger partial charge in [-0.1, -0.05) is 26.0 Å². The molecular weight excluding hydrogens is 346 g/mol.